The predicted octanol–water partition coefficient (Wildman–Crippen LogP) is 4.94. The van der Waals surface area contributed by atoms with Crippen LogP contribution < -0.4 is 0 Å². The summed E-state index contributed by atoms with van der Waals surface area (Å²) in [6, 6.07) is 20.9. The van der Waals surface area contributed by atoms with Crippen LogP contribution in [0.1, 0.15) is 0 Å². The largest absolute Gasteiger partial charge is 0.294 e. The molecule has 0 unspecified atom stereocenters. The van der Waals surface area contributed by atoms with Gasteiger partial charge >= 0.3 is 0 Å². The van der Waals surface area contributed by atoms with E-state index in [9.17, 15) is 0 Å². The molecule has 2 heterocycles. The first-order chi connectivity index (χ1) is 9.84. The van der Waals surface area contributed by atoms with Gasteiger partial charge in [0.05, 0.1) is 11.0 Å². The Balaban J connectivity index is 2.17. The smallest absolute Gasteiger partial charge is 0.137 e. The third-order valence-corrected chi connectivity index (χ3v) is 3.99. The van der Waals surface area contributed by atoms with Crippen LogP contribution in [0.25, 0.3) is 27.6 Å². The van der Waals surface area contributed by atoms with Gasteiger partial charge in [0.25, 0.3) is 0 Å². The third-order valence-electron chi connectivity index (χ3n) is 3.52. The van der Waals surface area contributed by atoms with Crippen LogP contribution in [0.15, 0.2) is 71.3 Å². The maximum Gasteiger partial charge on any atom is 0.137 e. The van der Waals surface area contributed by atoms with E-state index in [0.717, 1.165) is 10.3 Å². The van der Waals surface area contributed by atoms with Crippen molar-refractivity contribution in [1.82, 2.24) is 9.55 Å². The van der Waals surface area contributed by atoms with Crippen molar-refractivity contribution in [2.45, 2.75) is 0 Å². The highest BCUT2D eigenvalue weighted by atomic mass is 79.9. The van der Waals surface area contributed by atoms with E-state index in [1.807, 2.05) is 18.3 Å². The minimum absolute atomic E-state index is 0.936. The Morgan fingerprint density at radius 1 is 0.750 bits per heavy atom. The summed E-state index contributed by atoms with van der Waals surface area (Å²) in [6.07, 6.45) is 1.83. The zero-order valence-corrected chi connectivity index (χ0v) is 12.2. The highest BCUT2D eigenvalue weighted by Gasteiger charge is 2.11. The van der Waals surface area contributed by atoms with Gasteiger partial charge in [-0.2, -0.15) is 0 Å². The molecule has 0 atom stereocenters. The second kappa shape index (κ2) is 4.46. The van der Waals surface area contributed by atoms with Gasteiger partial charge in [-0.05, 0) is 40.2 Å². The number of fused-ring (bicyclic) bond motifs is 3. The van der Waals surface area contributed by atoms with Gasteiger partial charge < -0.3 is 0 Å². The molecule has 0 fully saturated rings. The lowest BCUT2D eigenvalue weighted by molar-refractivity contribution is 1.08. The molecule has 0 spiro atoms. The van der Waals surface area contributed by atoms with Crippen molar-refractivity contribution in [3.63, 3.8) is 0 Å². The molecular formula is C17H11BrN2. The fourth-order valence-corrected chi connectivity index (χ4v) is 2.90. The second-order valence-corrected chi connectivity index (χ2v) is 5.62. The summed E-state index contributed by atoms with van der Waals surface area (Å²) in [4.78, 5) is 4.54. The van der Waals surface area contributed by atoms with Crippen molar-refractivity contribution in [1.29, 1.82) is 0 Å². The van der Waals surface area contributed by atoms with Crippen LogP contribution >= 0.6 is 15.9 Å². The molecule has 20 heavy (non-hydrogen) atoms. The summed E-state index contributed by atoms with van der Waals surface area (Å²) in [5.41, 5.74) is 2.37. The quantitative estimate of drug-likeness (QED) is 0.485. The molecule has 4 aromatic rings. The normalized spacial score (nSPS) is 11.2. The molecule has 96 valence electrons. The molecule has 0 bridgehead atoms. The fraction of sp³-hybridized carbons (Fsp3) is 0. The molecule has 0 saturated heterocycles. The Labute approximate surface area is 124 Å². The number of benzene rings is 2. The molecular weight excluding hydrogens is 312 g/mol. The summed E-state index contributed by atoms with van der Waals surface area (Å²) in [5, 5.41) is 2.51. The van der Waals surface area contributed by atoms with Gasteiger partial charge in [0.2, 0.25) is 0 Å². The molecule has 0 aliphatic rings. The zero-order chi connectivity index (χ0) is 13.5. The van der Waals surface area contributed by atoms with Crippen molar-refractivity contribution < 1.29 is 0 Å². The lowest BCUT2D eigenvalue weighted by atomic mass is 10.2. The molecule has 2 aromatic carbocycles. The van der Waals surface area contributed by atoms with Crippen LogP contribution in [0.5, 0.6) is 0 Å². The van der Waals surface area contributed by atoms with Crippen LogP contribution in [0.3, 0.4) is 0 Å². The van der Waals surface area contributed by atoms with E-state index in [-0.39, 0.29) is 0 Å². The minimum atomic E-state index is 0.936. The maximum atomic E-state index is 4.54. The minimum Gasteiger partial charge on any atom is -0.294 e. The van der Waals surface area contributed by atoms with E-state index in [4.69, 9.17) is 0 Å². The zero-order valence-electron chi connectivity index (χ0n) is 10.6. The summed E-state index contributed by atoms with van der Waals surface area (Å²) in [7, 11) is 0. The Bertz CT molecular complexity index is 854. The monoisotopic (exact) mass is 322 g/mol. The van der Waals surface area contributed by atoms with Crippen LogP contribution in [-0.2, 0) is 0 Å². The Morgan fingerprint density at radius 2 is 1.35 bits per heavy atom. The van der Waals surface area contributed by atoms with Crippen LogP contribution in [0.2, 0.25) is 0 Å². The lowest BCUT2D eigenvalue weighted by Gasteiger charge is -2.06. The van der Waals surface area contributed by atoms with Crippen molar-refractivity contribution in [2.75, 3.05) is 0 Å². The molecule has 0 aliphatic heterocycles. The Morgan fingerprint density at radius 3 is 1.90 bits per heavy atom. The van der Waals surface area contributed by atoms with Crippen LogP contribution in [0, 0.1) is 0 Å². The molecule has 3 heteroatoms. The summed E-state index contributed by atoms with van der Waals surface area (Å²) >= 11 is 3.44. The summed E-state index contributed by atoms with van der Waals surface area (Å²) in [5.74, 6) is 0.936. The summed E-state index contributed by atoms with van der Waals surface area (Å²) < 4.78 is 3.19. The molecule has 0 aliphatic carbocycles. The molecule has 4 rings (SSSR count). The van der Waals surface area contributed by atoms with E-state index in [2.05, 4.69) is 74.0 Å². The van der Waals surface area contributed by atoms with Gasteiger partial charge in [0, 0.05) is 21.4 Å². The average Bonchev–Trinajstić information content (AvgIpc) is 2.83. The number of hydrogen-bond acceptors (Lipinski definition) is 1. The van der Waals surface area contributed by atoms with Crippen molar-refractivity contribution >= 4 is 37.7 Å². The standard InChI is InChI=1S/C17H11BrN2/c18-12-9-10-17(19-11-12)20-15-7-3-1-5-13(15)14-6-2-4-8-16(14)20/h1-11H. The van der Waals surface area contributed by atoms with E-state index < -0.39 is 0 Å². The number of rotatable bonds is 1. The molecule has 2 nitrogen and oxygen atoms in total. The van der Waals surface area contributed by atoms with Gasteiger partial charge in [0.1, 0.15) is 5.82 Å². The fourth-order valence-electron chi connectivity index (χ4n) is 2.67. The molecule has 0 amide bonds. The average molecular weight is 323 g/mol. The highest BCUT2D eigenvalue weighted by molar-refractivity contribution is 9.10. The first-order valence-electron chi connectivity index (χ1n) is 6.45. The van der Waals surface area contributed by atoms with Gasteiger partial charge in [-0.15, -0.1) is 0 Å². The van der Waals surface area contributed by atoms with Crippen molar-refractivity contribution in [3.8, 4) is 5.82 Å². The van der Waals surface area contributed by atoms with E-state index in [0.29, 0.717) is 0 Å². The Hall–Kier alpha value is -2.13. The number of aromatic nitrogens is 2. The summed E-state index contributed by atoms with van der Waals surface area (Å²) in [6.45, 7) is 0. The maximum absolute atomic E-state index is 4.54. The molecule has 2 aromatic heterocycles. The van der Waals surface area contributed by atoms with E-state index in [1.165, 1.54) is 21.8 Å². The topological polar surface area (TPSA) is 17.8 Å². The van der Waals surface area contributed by atoms with E-state index >= 15 is 0 Å². The first-order valence-corrected chi connectivity index (χ1v) is 7.24. The number of para-hydroxylation sites is 2. The highest BCUT2D eigenvalue weighted by Crippen LogP contribution is 2.31. The van der Waals surface area contributed by atoms with Gasteiger partial charge in [-0.3, -0.25) is 4.57 Å². The number of pyridine rings is 1. The number of hydrogen-bond donors (Lipinski definition) is 0. The van der Waals surface area contributed by atoms with Crippen LogP contribution in [0.4, 0.5) is 0 Å². The Kier molecular flexibility index (Phi) is 2.60. The van der Waals surface area contributed by atoms with E-state index in [1.54, 1.807) is 0 Å². The van der Waals surface area contributed by atoms with Gasteiger partial charge in [0.15, 0.2) is 0 Å². The first kappa shape index (κ1) is 11.7. The number of nitrogens with zero attached hydrogens (tertiary/aromatic N) is 2. The van der Waals surface area contributed by atoms with Crippen LogP contribution in [-0.4, -0.2) is 9.55 Å². The van der Waals surface area contributed by atoms with Gasteiger partial charge in [-0.25, -0.2) is 4.98 Å². The van der Waals surface area contributed by atoms with Gasteiger partial charge in [-0.1, -0.05) is 36.4 Å². The molecule has 0 saturated carbocycles. The number of halogens is 1. The molecule has 0 radical (unpaired) electrons. The SMILES string of the molecule is Brc1ccc(-n2c3ccccc3c3ccccc32)nc1. The third kappa shape index (κ3) is 1.67. The van der Waals surface area contributed by atoms with Crippen molar-refractivity contribution in [3.05, 3.63) is 71.3 Å². The second-order valence-electron chi connectivity index (χ2n) is 4.70. The van der Waals surface area contributed by atoms with Crippen molar-refractivity contribution in [2.24, 2.45) is 0 Å². The lowest BCUT2D eigenvalue weighted by Crippen LogP contribution is -1.96. The molecule has 0 N–H and O–H groups in total. The predicted molar refractivity (Wildman–Crippen MR) is 86.3 cm³/mol.